The fraction of sp³-hybridized carbons (Fsp3) is 1.00. The lowest BCUT2D eigenvalue weighted by Gasteiger charge is -2.18. The summed E-state index contributed by atoms with van der Waals surface area (Å²) >= 11 is 0. The Hall–Kier alpha value is -0.120. The van der Waals surface area contributed by atoms with Gasteiger partial charge in [-0.15, -0.1) is 0 Å². The van der Waals surface area contributed by atoms with Crippen LogP contribution >= 0.6 is 0 Å². The molecular formula is C18H40N2O. The van der Waals surface area contributed by atoms with Gasteiger partial charge >= 0.3 is 0 Å². The van der Waals surface area contributed by atoms with Crippen molar-refractivity contribution in [1.29, 1.82) is 0 Å². The molecule has 0 amide bonds. The average Bonchev–Trinajstić information content (AvgIpc) is 2.48. The summed E-state index contributed by atoms with van der Waals surface area (Å²) in [5.41, 5.74) is 0. The van der Waals surface area contributed by atoms with Crippen molar-refractivity contribution in [2.75, 3.05) is 13.1 Å². The van der Waals surface area contributed by atoms with E-state index >= 15 is 0 Å². The van der Waals surface area contributed by atoms with Gasteiger partial charge in [0.25, 0.3) is 0 Å². The molecule has 3 N–H and O–H groups in total. The second-order valence-electron chi connectivity index (χ2n) is 6.38. The normalized spacial score (nSPS) is 14.3. The minimum absolute atomic E-state index is 0.336. The van der Waals surface area contributed by atoms with Gasteiger partial charge in [0.1, 0.15) is 6.23 Å². The van der Waals surface area contributed by atoms with E-state index in [-0.39, 0.29) is 6.23 Å². The summed E-state index contributed by atoms with van der Waals surface area (Å²) in [7, 11) is 0. The van der Waals surface area contributed by atoms with Crippen molar-refractivity contribution in [1.82, 2.24) is 10.6 Å². The van der Waals surface area contributed by atoms with Gasteiger partial charge in [-0.3, -0.25) is 5.32 Å². The number of hydrogen-bond acceptors (Lipinski definition) is 3. The second kappa shape index (κ2) is 16.3. The van der Waals surface area contributed by atoms with Crippen molar-refractivity contribution in [3.05, 3.63) is 0 Å². The molecule has 0 spiro atoms. The first-order valence-corrected chi connectivity index (χ1v) is 9.35. The van der Waals surface area contributed by atoms with Crippen molar-refractivity contribution in [2.24, 2.45) is 0 Å². The molecule has 0 bridgehead atoms. The summed E-state index contributed by atoms with van der Waals surface area (Å²) in [5.74, 6) is 0. The van der Waals surface area contributed by atoms with Crippen LogP contribution in [0, 0.1) is 0 Å². The van der Waals surface area contributed by atoms with E-state index in [1.807, 2.05) is 6.92 Å². The van der Waals surface area contributed by atoms with Crippen LogP contribution < -0.4 is 10.6 Å². The minimum atomic E-state index is -0.362. The molecule has 21 heavy (non-hydrogen) atoms. The maximum absolute atomic E-state index is 9.48. The number of nitrogens with one attached hydrogen (secondary N) is 2. The smallest absolute Gasteiger partial charge is 0.104 e. The zero-order valence-corrected chi connectivity index (χ0v) is 14.8. The molecule has 0 aromatic carbocycles. The van der Waals surface area contributed by atoms with Crippen molar-refractivity contribution in [2.45, 2.75) is 104 Å². The fourth-order valence-electron chi connectivity index (χ4n) is 2.56. The molecule has 2 unspecified atom stereocenters. The highest BCUT2D eigenvalue weighted by Gasteiger charge is 2.05. The van der Waals surface area contributed by atoms with Crippen LogP contribution in [0.3, 0.4) is 0 Å². The molecule has 3 heteroatoms. The van der Waals surface area contributed by atoms with Crippen LogP contribution in [-0.4, -0.2) is 30.5 Å². The molecule has 0 aliphatic carbocycles. The molecule has 0 aliphatic heterocycles. The van der Waals surface area contributed by atoms with Gasteiger partial charge in [0, 0.05) is 12.6 Å². The standard InChI is InChI=1S/C18H40N2O/c1-4-6-7-8-9-10-11-12-13-14-15-19-16-17(3)20-18(21)5-2/h17-21H,4-16H2,1-3H3. The summed E-state index contributed by atoms with van der Waals surface area (Å²) in [5, 5.41) is 16.1. The van der Waals surface area contributed by atoms with Gasteiger partial charge < -0.3 is 10.4 Å². The molecular weight excluding hydrogens is 260 g/mol. The molecule has 128 valence electrons. The lowest BCUT2D eigenvalue weighted by atomic mass is 10.1. The van der Waals surface area contributed by atoms with E-state index in [2.05, 4.69) is 24.5 Å². The second-order valence-corrected chi connectivity index (χ2v) is 6.38. The lowest BCUT2D eigenvalue weighted by molar-refractivity contribution is 0.120. The molecule has 0 aromatic rings. The van der Waals surface area contributed by atoms with Crippen LogP contribution in [-0.2, 0) is 0 Å². The van der Waals surface area contributed by atoms with E-state index < -0.39 is 0 Å². The Morgan fingerprint density at radius 3 is 1.86 bits per heavy atom. The molecule has 0 rings (SSSR count). The van der Waals surface area contributed by atoms with Crippen LogP contribution in [0.1, 0.15) is 91.4 Å². The van der Waals surface area contributed by atoms with Gasteiger partial charge in [-0.25, -0.2) is 0 Å². The zero-order chi connectivity index (χ0) is 15.8. The quantitative estimate of drug-likeness (QED) is 0.296. The Kier molecular flexibility index (Phi) is 16.2. The number of aliphatic hydroxyl groups excluding tert-OH is 1. The van der Waals surface area contributed by atoms with E-state index in [1.165, 1.54) is 64.2 Å². The highest BCUT2D eigenvalue weighted by atomic mass is 16.3. The Bertz CT molecular complexity index is 200. The van der Waals surface area contributed by atoms with Gasteiger partial charge in [-0.05, 0) is 26.3 Å². The summed E-state index contributed by atoms with van der Waals surface area (Å²) < 4.78 is 0. The average molecular weight is 301 g/mol. The van der Waals surface area contributed by atoms with Crippen molar-refractivity contribution in [3.63, 3.8) is 0 Å². The molecule has 0 radical (unpaired) electrons. The maximum Gasteiger partial charge on any atom is 0.104 e. The Morgan fingerprint density at radius 1 is 0.810 bits per heavy atom. The first-order valence-electron chi connectivity index (χ1n) is 9.35. The number of hydrogen-bond donors (Lipinski definition) is 3. The Balaban J connectivity index is 3.12. The maximum atomic E-state index is 9.48. The first kappa shape index (κ1) is 20.9. The predicted molar refractivity (Wildman–Crippen MR) is 93.6 cm³/mol. The molecule has 3 nitrogen and oxygen atoms in total. The van der Waals surface area contributed by atoms with Crippen LogP contribution in [0.15, 0.2) is 0 Å². The molecule has 0 aliphatic rings. The first-order chi connectivity index (χ1) is 10.2. The van der Waals surface area contributed by atoms with E-state index in [0.717, 1.165) is 19.5 Å². The van der Waals surface area contributed by atoms with E-state index in [1.54, 1.807) is 0 Å². The topological polar surface area (TPSA) is 44.3 Å². The molecule has 0 fully saturated rings. The molecule has 0 saturated heterocycles. The van der Waals surface area contributed by atoms with E-state index in [9.17, 15) is 5.11 Å². The van der Waals surface area contributed by atoms with Crippen LogP contribution in [0.4, 0.5) is 0 Å². The highest BCUT2D eigenvalue weighted by Crippen LogP contribution is 2.10. The van der Waals surface area contributed by atoms with Crippen LogP contribution in [0.5, 0.6) is 0 Å². The van der Waals surface area contributed by atoms with Crippen molar-refractivity contribution >= 4 is 0 Å². The summed E-state index contributed by atoms with van der Waals surface area (Å²) in [6, 6.07) is 0.336. The SMILES string of the molecule is CCCCCCCCCCCCNCC(C)NC(O)CC. The van der Waals surface area contributed by atoms with Crippen LogP contribution in [0.25, 0.3) is 0 Å². The van der Waals surface area contributed by atoms with Gasteiger partial charge in [0.15, 0.2) is 0 Å². The highest BCUT2D eigenvalue weighted by molar-refractivity contribution is 4.65. The summed E-state index contributed by atoms with van der Waals surface area (Å²) in [4.78, 5) is 0. The van der Waals surface area contributed by atoms with Gasteiger partial charge in [0.2, 0.25) is 0 Å². The predicted octanol–water partition coefficient (Wildman–Crippen LogP) is 4.20. The van der Waals surface area contributed by atoms with Gasteiger partial charge in [-0.1, -0.05) is 71.6 Å². The third kappa shape index (κ3) is 16.1. The van der Waals surface area contributed by atoms with Crippen molar-refractivity contribution < 1.29 is 5.11 Å². The third-order valence-electron chi connectivity index (χ3n) is 4.02. The summed E-state index contributed by atoms with van der Waals surface area (Å²) in [6.45, 7) is 8.42. The molecule has 0 saturated carbocycles. The Morgan fingerprint density at radius 2 is 1.33 bits per heavy atom. The van der Waals surface area contributed by atoms with E-state index in [0.29, 0.717) is 6.04 Å². The fourth-order valence-corrected chi connectivity index (χ4v) is 2.56. The number of aliphatic hydroxyl groups is 1. The zero-order valence-electron chi connectivity index (χ0n) is 14.8. The van der Waals surface area contributed by atoms with Gasteiger partial charge in [0.05, 0.1) is 0 Å². The van der Waals surface area contributed by atoms with Crippen molar-refractivity contribution in [3.8, 4) is 0 Å². The molecule has 0 heterocycles. The summed E-state index contributed by atoms with van der Waals surface area (Å²) in [6.07, 6.45) is 14.3. The lowest BCUT2D eigenvalue weighted by Crippen LogP contribution is -2.42. The minimum Gasteiger partial charge on any atom is -0.379 e. The number of unbranched alkanes of at least 4 members (excludes halogenated alkanes) is 9. The number of rotatable bonds is 16. The van der Waals surface area contributed by atoms with Gasteiger partial charge in [-0.2, -0.15) is 0 Å². The molecule has 0 aromatic heterocycles. The van der Waals surface area contributed by atoms with Crippen LogP contribution in [0.2, 0.25) is 0 Å². The Labute approximate surface area is 133 Å². The third-order valence-corrected chi connectivity index (χ3v) is 4.02. The monoisotopic (exact) mass is 300 g/mol. The molecule has 2 atom stereocenters. The largest absolute Gasteiger partial charge is 0.379 e. The van der Waals surface area contributed by atoms with E-state index in [4.69, 9.17) is 0 Å².